The largest absolute Gasteiger partial charge is 0.618 e. The standard InChI is InChI=1S/C13H9BrN2O6/c1-6-2-3-8(13(14)15(6)20)11(18)7-4-9(16(21)22)12(19)10(17)5-7/h2-5,17,19H,1H3. The van der Waals surface area contributed by atoms with Crippen LogP contribution in [0.5, 0.6) is 11.5 Å². The Hall–Kier alpha value is -2.68. The van der Waals surface area contributed by atoms with E-state index in [1.165, 1.54) is 12.1 Å². The van der Waals surface area contributed by atoms with Gasteiger partial charge in [0.2, 0.25) is 11.5 Å². The quantitative estimate of drug-likeness (QED) is 0.162. The molecule has 1 aromatic carbocycles. The third-order valence-corrected chi connectivity index (χ3v) is 3.73. The number of carbonyl (C=O) groups excluding carboxylic acids is 1. The van der Waals surface area contributed by atoms with Crippen LogP contribution < -0.4 is 4.73 Å². The summed E-state index contributed by atoms with van der Waals surface area (Å²) in [6.07, 6.45) is 0. The minimum Gasteiger partial charge on any atom is -0.618 e. The third-order valence-electron chi connectivity index (χ3n) is 2.99. The second-order valence-electron chi connectivity index (χ2n) is 4.42. The fourth-order valence-corrected chi connectivity index (χ4v) is 2.40. The van der Waals surface area contributed by atoms with Gasteiger partial charge in [0.25, 0.3) is 4.60 Å². The van der Waals surface area contributed by atoms with Gasteiger partial charge < -0.3 is 15.4 Å². The molecule has 8 nitrogen and oxygen atoms in total. The highest BCUT2D eigenvalue weighted by molar-refractivity contribution is 9.10. The first kappa shape index (κ1) is 15.7. The Kier molecular flexibility index (Phi) is 4.00. The summed E-state index contributed by atoms with van der Waals surface area (Å²) in [5.41, 5.74) is -0.712. The summed E-state index contributed by atoms with van der Waals surface area (Å²) in [4.78, 5) is 22.3. The maximum absolute atomic E-state index is 12.4. The molecule has 1 heterocycles. The molecule has 0 radical (unpaired) electrons. The maximum Gasteiger partial charge on any atom is 0.315 e. The van der Waals surface area contributed by atoms with Crippen molar-refractivity contribution in [1.82, 2.24) is 0 Å². The lowest BCUT2D eigenvalue weighted by Gasteiger charge is -2.08. The van der Waals surface area contributed by atoms with Gasteiger partial charge >= 0.3 is 5.69 Å². The number of pyridine rings is 1. The van der Waals surface area contributed by atoms with E-state index in [4.69, 9.17) is 0 Å². The lowest BCUT2D eigenvalue weighted by Crippen LogP contribution is -2.33. The van der Waals surface area contributed by atoms with Crippen molar-refractivity contribution in [1.29, 1.82) is 0 Å². The van der Waals surface area contributed by atoms with Crippen LogP contribution in [0.15, 0.2) is 28.9 Å². The molecule has 0 atom stereocenters. The second-order valence-corrected chi connectivity index (χ2v) is 5.17. The van der Waals surface area contributed by atoms with Gasteiger partial charge in [-0.3, -0.25) is 14.9 Å². The van der Waals surface area contributed by atoms with Crippen LogP contribution in [-0.4, -0.2) is 20.9 Å². The number of benzene rings is 1. The van der Waals surface area contributed by atoms with Crippen LogP contribution in [0.1, 0.15) is 21.6 Å². The molecule has 2 rings (SSSR count). The average Bonchev–Trinajstić information content (AvgIpc) is 2.46. The molecule has 0 aliphatic carbocycles. The van der Waals surface area contributed by atoms with Gasteiger partial charge in [-0.05, 0) is 12.1 Å². The van der Waals surface area contributed by atoms with E-state index < -0.39 is 27.9 Å². The highest BCUT2D eigenvalue weighted by Gasteiger charge is 2.25. The Balaban J connectivity index is 2.60. The zero-order valence-corrected chi connectivity index (χ0v) is 12.7. The first-order valence-corrected chi connectivity index (χ1v) is 6.67. The van der Waals surface area contributed by atoms with Crippen LogP contribution in [0, 0.1) is 22.2 Å². The van der Waals surface area contributed by atoms with Crippen LogP contribution in [-0.2, 0) is 0 Å². The number of nitro benzene ring substituents is 1. The number of hydrogen-bond acceptors (Lipinski definition) is 6. The van der Waals surface area contributed by atoms with Gasteiger partial charge in [0, 0.05) is 40.5 Å². The number of halogens is 1. The number of ketones is 1. The fraction of sp³-hybridized carbons (Fsp3) is 0.0769. The molecular weight excluding hydrogens is 360 g/mol. The van der Waals surface area contributed by atoms with Crippen molar-refractivity contribution in [2.75, 3.05) is 0 Å². The van der Waals surface area contributed by atoms with Crippen LogP contribution >= 0.6 is 15.9 Å². The minimum absolute atomic E-state index is 0.0278. The minimum atomic E-state index is -0.927. The van der Waals surface area contributed by atoms with Gasteiger partial charge in [0.1, 0.15) is 5.56 Å². The van der Waals surface area contributed by atoms with Crippen molar-refractivity contribution in [3.63, 3.8) is 0 Å². The zero-order chi connectivity index (χ0) is 16.6. The van der Waals surface area contributed by atoms with E-state index in [2.05, 4.69) is 15.9 Å². The highest BCUT2D eigenvalue weighted by atomic mass is 79.9. The summed E-state index contributed by atoms with van der Waals surface area (Å²) >= 11 is 2.99. The van der Waals surface area contributed by atoms with E-state index in [-0.39, 0.29) is 15.7 Å². The second kappa shape index (κ2) is 5.60. The average molecular weight is 369 g/mol. The van der Waals surface area contributed by atoms with Crippen molar-refractivity contribution in [2.24, 2.45) is 0 Å². The van der Waals surface area contributed by atoms with Gasteiger partial charge in [-0.25, -0.2) is 0 Å². The van der Waals surface area contributed by atoms with Crippen molar-refractivity contribution in [3.8, 4) is 11.5 Å². The summed E-state index contributed by atoms with van der Waals surface area (Å²) < 4.78 is 0.440. The zero-order valence-electron chi connectivity index (χ0n) is 11.1. The molecule has 2 N–H and O–H groups in total. The summed E-state index contributed by atoms with van der Waals surface area (Å²) in [5, 5.41) is 41.5. The molecule has 0 amide bonds. The molecule has 0 fully saturated rings. The molecular formula is C13H9BrN2O6. The van der Waals surface area contributed by atoms with Crippen molar-refractivity contribution < 1.29 is 24.7 Å². The number of carbonyl (C=O) groups is 1. The van der Waals surface area contributed by atoms with Crippen molar-refractivity contribution >= 4 is 27.4 Å². The van der Waals surface area contributed by atoms with E-state index in [9.17, 15) is 30.3 Å². The van der Waals surface area contributed by atoms with Gasteiger partial charge in [0.05, 0.1) is 4.92 Å². The Morgan fingerprint density at radius 3 is 2.55 bits per heavy atom. The molecule has 0 spiro atoms. The van der Waals surface area contributed by atoms with E-state index in [1.54, 1.807) is 6.92 Å². The molecule has 1 aromatic heterocycles. The Bertz CT molecular complexity index is 806. The van der Waals surface area contributed by atoms with Gasteiger partial charge in [-0.15, -0.1) is 0 Å². The molecule has 0 saturated heterocycles. The third kappa shape index (κ3) is 2.58. The van der Waals surface area contributed by atoms with E-state index >= 15 is 0 Å². The molecule has 0 bridgehead atoms. The molecule has 22 heavy (non-hydrogen) atoms. The van der Waals surface area contributed by atoms with Crippen LogP contribution in [0.25, 0.3) is 0 Å². The lowest BCUT2D eigenvalue weighted by molar-refractivity contribution is -0.624. The van der Waals surface area contributed by atoms with Gasteiger partial charge in [0.15, 0.2) is 11.4 Å². The lowest BCUT2D eigenvalue weighted by atomic mass is 10.0. The van der Waals surface area contributed by atoms with Crippen molar-refractivity contribution in [2.45, 2.75) is 6.92 Å². The topological polar surface area (TPSA) is 128 Å². The summed E-state index contributed by atoms with van der Waals surface area (Å²) in [7, 11) is 0. The predicted molar refractivity (Wildman–Crippen MR) is 77.7 cm³/mol. The Morgan fingerprint density at radius 2 is 1.95 bits per heavy atom. The predicted octanol–water partition coefficient (Wildman–Crippen LogP) is 1.94. The van der Waals surface area contributed by atoms with Crippen LogP contribution in [0.4, 0.5) is 5.69 Å². The van der Waals surface area contributed by atoms with E-state index in [0.29, 0.717) is 10.4 Å². The fourth-order valence-electron chi connectivity index (χ4n) is 1.80. The first-order chi connectivity index (χ1) is 10.2. The number of aryl methyl sites for hydroxylation is 1. The van der Waals surface area contributed by atoms with Gasteiger partial charge in [-0.1, -0.05) is 0 Å². The summed E-state index contributed by atoms with van der Waals surface area (Å²) in [5.74, 6) is -2.44. The number of aromatic nitrogens is 1. The van der Waals surface area contributed by atoms with Crippen LogP contribution in [0.2, 0.25) is 0 Å². The van der Waals surface area contributed by atoms with Crippen molar-refractivity contribution in [3.05, 3.63) is 61.0 Å². The Labute approximate surface area is 132 Å². The van der Waals surface area contributed by atoms with Gasteiger partial charge in [-0.2, -0.15) is 4.73 Å². The number of nitrogens with zero attached hydrogens (tertiary/aromatic N) is 2. The smallest absolute Gasteiger partial charge is 0.315 e. The molecule has 9 heteroatoms. The molecule has 0 aliphatic heterocycles. The van der Waals surface area contributed by atoms with E-state index in [0.717, 1.165) is 12.1 Å². The highest BCUT2D eigenvalue weighted by Crippen LogP contribution is 2.36. The summed E-state index contributed by atoms with van der Waals surface area (Å²) in [6, 6.07) is 4.52. The SMILES string of the molecule is Cc1ccc(C(=O)c2cc(O)c(O)c([N+](=O)[O-])c2)c(Br)[n+]1[O-]. The number of nitro groups is 1. The number of aromatic hydroxyl groups is 2. The molecule has 0 aliphatic rings. The molecule has 114 valence electrons. The number of rotatable bonds is 3. The maximum atomic E-state index is 12.4. The normalized spacial score (nSPS) is 10.5. The number of phenols is 2. The van der Waals surface area contributed by atoms with Crippen LogP contribution in [0.3, 0.4) is 0 Å². The monoisotopic (exact) mass is 368 g/mol. The summed E-state index contributed by atoms with van der Waals surface area (Å²) in [6.45, 7) is 1.54. The molecule has 0 unspecified atom stereocenters. The number of phenolic OH excluding ortho intramolecular Hbond substituents is 2. The van der Waals surface area contributed by atoms with E-state index in [1.807, 2.05) is 0 Å². The Morgan fingerprint density at radius 1 is 1.32 bits per heavy atom. The first-order valence-electron chi connectivity index (χ1n) is 5.87. The molecule has 0 saturated carbocycles. The number of hydrogen-bond donors (Lipinski definition) is 2. The molecule has 2 aromatic rings.